The Morgan fingerprint density at radius 3 is 2.66 bits per heavy atom. The zero-order chi connectivity index (χ0) is 19.8. The Kier molecular flexibility index (Phi) is 9.17. The molecule has 1 aromatic carbocycles. The monoisotopic (exact) mass is 508 g/mol. The molecule has 29 heavy (non-hydrogen) atoms. The van der Waals surface area contributed by atoms with Crippen LogP contribution in [0.25, 0.3) is 5.69 Å². The second-order valence-electron chi connectivity index (χ2n) is 6.39. The number of benzene rings is 1. The summed E-state index contributed by atoms with van der Waals surface area (Å²) in [6, 6.07) is 8.22. The van der Waals surface area contributed by atoms with Crippen molar-refractivity contribution < 1.29 is 4.52 Å². The minimum Gasteiger partial charge on any atom is -0.361 e. The van der Waals surface area contributed by atoms with E-state index >= 15 is 0 Å². The van der Waals surface area contributed by atoms with Gasteiger partial charge in [0, 0.05) is 37.5 Å². The Labute approximate surface area is 189 Å². The van der Waals surface area contributed by atoms with Crippen LogP contribution < -0.4 is 10.6 Å². The summed E-state index contributed by atoms with van der Waals surface area (Å²) in [5, 5.41) is 10.9. The van der Waals surface area contributed by atoms with E-state index in [9.17, 15) is 0 Å². The highest BCUT2D eigenvalue weighted by Crippen LogP contribution is 2.16. The van der Waals surface area contributed by atoms with Gasteiger partial charge in [0.2, 0.25) is 0 Å². The predicted molar refractivity (Wildman–Crippen MR) is 126 cm³/mol. The molecule has 0 aliphatic carbocycles. The molecule has 0 bridgehead atoms. The van der Waals surface area contributed by atoms with E-state index in [-0.39, 0.29) is 24.0 Å². The van der Waals surface area contributed by atoms with Crippen LogP contribution in [-0.4, -0.2) is 27.2 Å². The number of rotatable bonds is 8. The van der Waals surface area contributed by atoms with Crippen molar-refractivity contribution in [3.05, 3.63) is 65.6 Å². The van der Waals surface area contributed by atoms with Crippen molar-refractivity contribution in [2.24, 2.45) is 4.99 Å². The lowest BCUT2D eigenvalue weighted by Crippen LogP contribution is -2.37. The number of aliphatic imine (C=N–C) groups is 1. The first-order chi connectivity index (χ1) is 13.8. The largest absolute Gasteiger partial charge is 0.361 e. The number of guanidine groups is 1. The first-order valence-corrected chi connectivity index (χ1v) is 9.81. The molecule has 0 aliphatic rings. The first kappa shape index (κ1) is 22.9. The van der Waals surface area contributed by atoms with Gasteiger partial charge in [0.15, 0.2) is 5.96 Å². The smallest absolute Gasteiger partial charge is 0.191 e. The van der Waals surface area contributed by atoms with Gasteiger partial charge < -0.3 is 19.7 Å². The maximum Gasteiger partial charge on any atom is 0.191 e. The molecule has 0 spiro atoms. The van der Waals surface area contributed by atoms with Crippen molar-refractivity contribution in [2.75, 3.05) is 6.54 Å². The van der Waals surface area contributed by atoms with Crippen LogP contribution in [0.1, 0.15) is 43.4 Å². The molecule has 2 heterocycles. The van der Waals surface area contributed by atoms with Gasteiger partial charge in [-0.15, -0.1) is 24.0 Å². The van der Waals surface area contributed by atoms with Crippen molar-refractivity contribution in [3.63, 3.8) is 0 Å². The van der Waals surface area contributed by atoms with Gasteiger partial charge in [-0.3, -0.25) is 0 Å². The van der Waals surface area contributed by atoms with Gasteiger partial charge in [0.05, 0.1) is 24.3 Å². The number of hydrogen-bond donors (Lipinski definition) is 2. The Balaban J connectivity index is 0.00000300. The van der Waals surface area contributed by atoms with Crippen LogP contribution in [0.2, 0.25) is 0 Å². The molecule has 0 amide bonds. The van der Waals surface area contributed by atoms with Crippen molar-refractivity contribution >= 4 is 29.9 Å². The lowest BCUT2D eigenvalue weighted by molar-refractivity contribution is 0.380. The fourth-order valence-electron chi connectivity index (χ4n) is 3.11. The summed E-state index contributed by atoms with van der Waals surface area (Å²) < 4.78 is 7.46. The Bertz CT molecular complexity index is 882. The summed E-state index contributed by atoms with van der Waals surface area (Å²) in [5.41, 5.74) is 4.35. The molecule has 0 atom stereocenters. The average Bonchev–Trinajstić information content (AvgIpc) is 3.39. The molecule has 0 aliphatic heterocycles. The van der Waals surface area contributed by atoms with E-state index in [4.69, 9.17) is 9.52 Å². The third-order valence-electron chi connectivity index (χ3n) is 4.57. The van der Waals surface area contributed by atoms with Crippen molar-refractivity contribution in [3.8, 4) is 5.69 Å². The highest BCUT2D eigenvalue weighted by molar-refractivity contribution is 14.0. The molecule has 3 rings (SSSR count). The molecule has 0 radical (unpaired) electrons. The quantitative estimate of drug-likeness (QED) is 0.275. The van der Waals surface area contributed by atoms with Crippen LogP contribution in [-0.2, 0) is 25.9 Å². The molecule has 0 saturated carbocycles. The molecule has 2 N–H and O–H groups in total. The number of imidazole rings is 1. The third-order valence-corrected chi connectivity index (χ3v) is 4.57. The first-order valence-electron chi connectivity index (χ1n) is 9.81. The maximum absolute atomic E-state index is 5.46. The molecule has 3 aromatic rings. The second kappa shape index (κ2) is 11.6. The molecule has 7 nitrogen and oxygen atoms in total. The number of hydrogen-bond acceptors (Lipinski definition) is 4. The minimum atomic E-state index is 0. The third kappa shape index (κ3) is 5.81. The summed E-state index contributed by atoms with van der Waals surface area (Å²) >= 11 is 0. The summed E-state index contributed by atoms with van der Waals surface area (Å²) in [5.74, 6) is 1.71. The Hall–Kier alpha value is -2.36. The molecule has 0 fully saturated rings. The molecule has 8 heteroatoms. The summed E-state index contributed by atoms with van der Waals surface area (Å²) in [7, 11) is 0. The van der Waals surface area contributed by atoms with Crippen LogP contribution in [0.4, 0.5) is 0 Å². The highest BCUT2D eigenvalue weighted by Gasteiger charge is 2.13. The molecular formula is C21H29IN6O. The van der Waals surface area contributed by atoms with Crippen molar-refractivity contribution in [1.29, 1.82) is 0 Å². The predicted octanol–water partition coefficient (Wildman–Crippen LogP) is 3.86. The van der Waals surface area contributed by atoms with Gasteiger partial charge in [-0.2, -0.15) is 0 Å². The normalized spacial score (nSPS) is 11.2. The summed E-state index contributed by atoms with van der Waals surface area (Å²) in [4.78, 5) is 8.92. The summed E-state index contributed by atoms with van der Waals surface area (Å²) in [6.07, 6.45) is 7.20. The van der Waals surface area contributed by atoms with Gasteiger partial charge >= 0.3 is 0 Å². The van der Waals surface area contributed by atoms with E-state index < -0.39 is 0 Å². The average molecular weight is 508 g/mol. The summed E-state index contributed by atoms with van der Waals surface area (Å²) in [6.45, 7) is 8.23. The van der Waals surface area contributed by atoms with Crippen LogP contribution in [0, 0.1) is 0 Å². The van der Waals surface area contributed by atoms with Gasteiger partial charge in [-0.25, -0.2) is 9.98 Å². The lowest BCUT2D eigenvalue weighted by atomic mass is 10.1. The van der Waals surface area contributed by atoms with E-state index in [1.807, 2.05) is 22.9 Å². The molecule has 156 valence electrons. The van der Waals surface area contributed by atoms with E-state index in [0.29, 0.717) is 13.1 Å². The fraction of sp³-hybridized carbons (Fsp3) is 0.381. The SMILES string of the molecule is CCNC(=NCc1ccccc1-n1ccnc1)NCc1c(CC)noc1CC.I. The fourth-order valence-corrected chi connectivity index (χ4v) is 3.11. The number of para-hydroxylation sites is 1. The Morgan fingerprint density at radius 1 is 1.14 bits per heavy atom. The standard InChI is InChI=1S/C21H28N6O.HI/c1-4-18-17(20(5-2)28-26-18)14-25-21(23-6-3)24-13-16-9-7-8-10-19(16)27-12-11-22-15-27;/h7-12,15H,4-6,13-14H2,1-3H3,(H2,23,24,25);1H. The van der Waals surface area contributed by atoms with Crippen LogP contribution in [0.15, 0.2) is 52.5 Å². The number of halogens is 1. The van der Waals surface area contributed by atoms with Gasteiger partial charge in [-0.05, 0) is 25.0 Å². The molecule has 0 saturated heterocycles. The number of aromatic nitrogens is 3. The maximum atomic E-state index is 5.46. The number of nitrogens with one attached hydrogen (secondary N) is 2. The Morgan fingerprint density at radius 2 is 1.97 bits per heavy atom. The van der Waals surface area contributed by atoms with Gasteiger partial charge in [0.1, 0.15) is 5.76 Å². The minimum absolute atomic E-state index is 0. The zero-order valence-electron chi connectivity index (χ0n) is 17.2. The van der Waals surface area contributed by atoms with Crippen LogP contribution in [0.5, 0.6) is 0 Å². The second-order valence-corrected chi connectivity index (χ2v) is 6.39. The number of aryl methyl sites for hydroxylation is 2. The van der Waals surface area contributed by atoms with Gasteiger partial charge in [0.25, 0.3) is 0 Å². The van der Waals surface area contributed by atoms with Crippen LogP contribution >= 0.6 is 24.0 Å². The topological polar surface area (TPSA) is 80.3 Å². The van der Waals surface area contributed by atoms with E-state index in [1.165, 1.54) is 0 Å². The van der Waals surface area contributed by atoms with Crippen LogP contribution in [0.3, 0.4) is 0 Å². The number of nitrogens with zero attached hydrogens (tertiary/aromatic N) is 4. The van der Waals surface area contributed by atoms with E-state index in [0.717, 1.165) is 53.6 Å². The molecule has 0 unspecified atom stereocenters. The van der Waals surface area contributed by atoms with Crippen molar-refractivity contribution in [1.82, 2.24) is 25.3 Å². The van der Waals surface area contributed by atoms with E-state index in [1.54, 1.807) is 12.5 Å². The highest BCUT2D eigenvalue weighted by atomic mass is 127. The van der Waals surface area contributed by atoms with Crippen molar-refractivity contribution in [2.45, 2.75) is 46.7 Å². The van der Waals surface area contributed by atoms with Gasteiger partial charge in [-0.1, -0.05) is 37.2 Å². The molecule has 2 aromatic heterocycles. The molecular weight excluding hydrogens is 479 g/mol. The lowest BCUT2D eigenvalue weighted by Gasteiger charge is -2.13. The van der Waals surface area contributed by atoms with E-state index in [2.05, 4.69) is 53.7 Å². The zero-order valence-corrected chi connectivity index (χ0v) is 19.5.